The summed E-state index contributed by atoms with van der Waals surface area (Å²) in [6.45, 7) is 2.96. The fourth-order valence-corrected chi connectivity index (χ4v) is 11.4. The third-order valence-corrected chi connectivity index (χ3v) is 16.3. The van der Waals surface area contributed by atoms with E-state index in [2.05, 4.69) is 37.2 Å². The molecule has 0 fully saturated rings. The Morgan fingerprint density at radius 2 is 1.60 bits per heavy atom. The number of rotatable bonds is 27. The van der Waals surface area contributed by atoms with Crippen molar-refractivity contribution in [2.75, 3.05) is 58.2 Å². The van der Waals surface area contributed by atoms with Crippen LogP contribution in [0.1, 0.15) is 102 Å². The number of halogens is 1. The van der Waals surface area contributed by atoms with Gasteiger partial charge in [-0.15, -0.1) is 0 Å². The first-order valence-electron chi connectivity index (χ1n) is 29.6. The number of hydrogen-bond acceptors (Lipinski definition) is 16. The molecule has 470 valence electrons. The molecule has 9 rings (SSSR count). The second-order valence-electron chi connectivity index (χ2n) is 22.4. The van der Waals surface area contributed by atoms with Gasteiger partial charge in [-0.2, -0.15) is 0 Å². The molecular formula is C63H72FN11O14. The lowest BCUT2D eigenvalue weighted by atomic mass is 9.81. The van der Waals surface area contributed by atoms with E-state index in [0.29, 0.717) is 84.5 Å². The Balaban J connectivity index is 0.675. The first-order chi connectivity index (χ1) is 42.7. The van der Waals surface area contributed by atoms with Gasteiger partial charge in [0.25, 0.3) is 5.56 Å². The third kappa shape index (κ3) is 15.1. The molecule has 2 aromatic heterocycles. The van der Waals surface area contributed by atoms with Gasteiger partial charge in [0.2, 0.25) is 41.4 Å². The molecular weight excluding hydrogens is 1150 g/mol. The van der Waals surface area contributed by atoms with E-state index in [1.807, 2.05) is 0 Å². The molecule has 8 amide bonds. The Morgan fingerprint density at radius 3 is 2.34 bits per heavy atom. The molecule has 0 saturated heterocycles. The van der Waals surface area contributed by atoms with Crippen LogP contribution < -0.4 is 42.8 Å². The van der Waals surface area contributed by atoms with E-state index in [9.17, 15) is 58.2 Å². The molecule has 0 saturated carbocycles. The number of pyridine rings is 2. The number of aromatic nitrogens is 2. The summed E-state index contributed by atoms with van der Waals surface area (Å²) in [4.78, 5) is 137. The van der Waals surface area contributed by atoms with Crippen molar-refractivity contribution in [3.63, 3.8) is 0 Å². The number of unbranched alkanes of at least 4 members (excludes halogenated alkanes) is 2. The highest BCUT2D eigenvalue weighted by molar-refractivity contribution is 5.97. The van der Waals surface area contributed by atoms with Gasteiger partial charge >= 0.3 is 12.1 Å². The highest BCUT2D eigenvalue weighted by Crippen LogP contribution is 2.46. The van der Waals surface area contributed by atoms with Gasteiger partial charge in [0, 0.05) is 86.8 Å². The summed E-state index contributed by atoms with van der Waals surface area (Å²) in [5.74, 6) is -4.72. The van der Waals surface area contributed by atoms with Crippen LogP contribution in [0.25, 0.3) is 22.3 Å². The number of aryl methyl sites for hydroxylation is 1. The number of cyclic esters (lactones) is 1. The smallest absolute Gasteiger partial charge is 0.409 e. The maximum atomic E-state index is 15.4. The number of amides is 8. The van der Waals surface area contributed by atoms with Crippen LogP contribution in [0.4, 0.5) is 14.9 Å². The maximum absolute atomic E-state index is 15.4. The van der Waals surface area contributed by atoms with Crippen LogP contribution in [0.3, 0.4) is 0 Å². The van der Waals surface area contributed by atoms with Gasteiger partial charge in [0.05, 0.1) is 54.7 Å². The average molecular weight is 1230 g/mol. The lowest BCUT2D eigenvalue weighted by Gasteiger charge is -2.31. The number of carbonyl (C=O) groups excluding carboxylic acids is 9. The number of anilines is 1. The van der Waals surface area contributed by atoms with E-state index in [1.165, 1.54) is 32.6 Å². The molecule has 25 nitrogen and oxygen atoms in total. The summed E-state index contributed by atoms with van der Waals surface area (Å²) in [6.07, 6.45) is 4.07. The molecule has 26 heteroatoms. The molecule has 0 radical (unpaired) electrons. The van der Waals surface area contributed by atoms with Crippen LogP contribution in [0.2, 0.25) is 0 Å². The minimum absolute atomic E-state index is 0.0263. The Kier molecular flexibility index (Phi) is 20.6. The molecule has 89 heavy (non-hydrogen) atoms. The summed E-state index contributed by atoms with van der Waals surface area (Å²) in [5.41, 5.74) is 3.45. The van der Waals surface area contributed by atoms with Gasteiger partial charge < -0.3 is 71.3 Å². The first-order valence-corrected chi connectivity index (χ1v) is 29.6. The maximum Gasteiger partial charge on any atom is 0.409 e. The Labute approximate surface area is 511 Å². The fraction of sp³-hybridized carbons (Fsp3) is 0.413. The second-order valence-corrected chi connectivity index (χ2v) is 22.4. The lowest BCUT2D eigenvalue weighted by molar-refractivity contribution is -0.172. The number of ether oxygens (including phenoxy) is 2. The molecule has 9 N–H and O–H groups in total. The van der Waals surface area contributed by atoms with Gasteiger partial charge in [0.1, 0.15) is 31.3 Å². The van der Waals surface area contributed by atoms with Crippen molar-refractivity contribution in [2.24, 2.45) is 0 Å². The summed E-state index contributed by atoms with van der Waals surface area (Å²) in [6, 6.07) is 16.7. The van der Waals surface area contributed by atoms with Crippen LogP contribution in [0, 0.1) is 12.7 Å². The summed E-state index contributed by atoms with van der Waals surface area (Å²) in [7, 11) is 1.57. The zero-order valence-corrected chi connectivity index (χ0v) is 49.6. The SMILES string of the molecule is CC[C@@]1(O)C(=O)OCc2c1cc1n(c2=O)Cc2c-1nc1cc(F)c(C)c3c1c2[C@@H](NC(=O)CCNCCN(C)C(=O)OCc1ccc(NC(=O)CNC(=O)[C@H](Cc2ccccc2)NC(=O)CNC(=O)CNC(=O)CCCCCN2C(=O)C=CC2O)cc1)CC3. The molecule has 3 aliphatic heterocycles. The summed E-state index contributed by atoms with van der Waals surface area (Å²) < 4.78 is 27.7. The van der Waals surface area contributed by atoms with E-state index in [4.69, 9.17) is 14.5 Å². The minimum atomic E-state index is -2.03. The number of carbonyl (C=O) groups is 9. The number of nitrogens with one attached hydrogen (secondary N) is 7. The zero-order chi connectivity index (χ0) is 63.5. The van der Waals surface area contributed by atoms with E-state index in [-0.39, 0.29) is 93.9 Å². The number of benzene rings is 3. The van der Waals surface area contributed by atoms with Crippen LogP contribution >= 0.6 is 0 Å². The number of fused-ring (bicyclic) bond motifs is 5. The van der Waals surface area contributed by atoms with E-state index in [1.54, 1.807) is 81.6 Å². The molecule has 3 aromatic carbocycles. The Hall–Kier alpha value is -9.40. The zero-order valence-electron chi connectivity index (χ0n) is 49.6. The molecule has 1 unspecified atom stereocenters. The van der Waals surface area contributed by atoms with Crippen LogP contribution in [-0.4, -0.2) is 148 Å². The van der Waals surface area contributed by atoms with Crippen LogP contribution in [-0.2, 0) is 86.0 Å². The van der Waals surface area contributed by atoms with Crippen molar-refractivity contribution in [2.45, 2.75) is 115 Å². The van der Waals surface area contributed by atoms with Crippen molar-refractivity contribution in [3.05, 3.63) is 140 Å². The minimum Gasteiger partial charge on any atom is -0.458 e. The van der Waals surface area contributed by atoms with E-state index < -0.39 is 84.1 Å². The third-order valence-electron chi connectivity index (χ3n) is 16.3. The molecule has 4 atom stereocenters. The normalized spacial score (nSPS) is 17.2. The number of nitrogens with zero attached hydrogens (tertiary/aromatic N) is 4. The van der Waals surface area contributed by atoms with Crippen molar-refractivity contribution < 1.29 is 67.2 Å². The van der Waals surface area contributed by atoms with Gasteiger partial charge in [-0.1, -0.05) is 55.8 Å². The second kappa shape index (κ2) is 28.6. The number of aliphatic hydroxyl groups is 2. The van der Waals surface area contributed by atoms with E-state index in [0.717, 1.165) is 22.1 Å². The molecule has 5 aromatic rings. The van der Waals surface area contributed by atoms with Crippen molar-refractivity contribution >= 4 is 70.0 Å². The quantitative estimate of drug-likeness (QED) is 0.0264. The first kappa shape index (κ1) is 64.1. The van der Waals surface area contributed by atoms with Crippen LogP contribution in [0.15, 0.2) is 83.7 Å². The largest absolute Gasteiger partial charge is 0.458 e. The van der Waals surface area contributed by atoms with Crippen molar-refractivity contribution in [1.82, 2.24) is 51.3 Å². The van der Waals surface area contributed by atoms with Crippen molar-refractivity contribution in [3.8, 4) is 11.4 Å². The number of hydrogen-bond donors (Lipinski definition) is 9. The molecule has 5 heterocycles. The van der Waals surface area contributed by atoms with Gasteiger partial charge in [-0.25, -0.2) is 19.0 Å². The Bertz CT molecular complexity index is 3670. The molecule has 0 bridgehead atoms. The van der Waals surface area contributed by atoms with Crippen molar-refractivity contribution in [1.29, 1.82) is 0 Å². The molecule has 4 aliphatic rings. The fourth-order valence-electron chi connectivity index (χ4n) is 11.4. The summed E-state index contributed by atoms with van der Waals surface area (Å²) >= 11 is 0. The Morgan fingerprint density at radius 1 is 0.854 bits per heavy atom. The lowest BCUT2D eigenvalue weighted by Crippen LogP contribution is -2.52. The standard InChI is InChI=1S/C63H72FN11O14/c1-4-63(87)43-28-48-58-41(33-75(48)60(84)42(43)35-88-61(63)85)57-45(19-18-40-36(2)44(64)29-46(72-58)56(40)57)70-50(77)22-23-65-24-26-73(3)62(86)89-34-38-14-16-39(17-15-38)69-52(79)32-68-59(83)47(27-37-11-7-5-8-12-37)71-53(80)31-67-51(78)30-66-49(76)13-9-6-10-25-74-54(81)20-21-55(74)82/h5,7-8,11-12,14-17,20-21,28-29,45,47,54,65,81,87H,4,6,9-10,13,18-19,22-27,30-35H2,1-3H3,(H,66,76)(H,67,78)(H,68,83)(H,69,79)(H,70,77)(H,71,80)/t45-,47-,54?,63-/m0/s1. The highest BCUT2D eigenvalue weighted by atomic mass is 19.1. The summed E-state index contributed by atoms with van der Waals surface area (Å²) in [5, 5.41) is 41.0. The topological polar surface area (TPSA) is 338 Å². The van der Waals surface area contributed by atoms with Gasteiger partial charge in [0.15, 0.2) is 5.60 Å². The highest BCUT2D eigenvalue weighted by Gasteiger charge is 2.46. The predicted molar refractivity (Wildman–Crippen MR) is 320 cm³/mol. The molecule has 0 spiro atoms. The molecule has 1 aliphatic carbocycles. The predicted octanol–water partition coefficient (Wildman–Crippen LogP) is 2.17. The van der Waals surface area contributed by atoms with Gasteiger partial charge in [-0.3, -0.25) is 38.4 Å². The van der Waals surface area contributed by atoms with Gasteiger partial charge in [-0.05, 0) is 91.1 Å². The number of esters is 1. The number of aliphatic hydroxyl groups excluding tert-OH is 1. The average Bonchev–Trinajstić information content (AvgIpc) is 1.65. The van der Waals surface area contributed by atoms with E-state index >= 15 is 4.39 Å². The monoisotopic (exact) mass is 1230 g/mol. The van der Waals surface area contributed by atoms with Crippen LogP contribution in [0.5, 0.6) is 0 Å². The number of likely N-dealkylation sites (N-methyl/N-ethyl adjacent to an activating group) is 1.